The van der Waals surface area contributed by atoms with Crippen LogP contribution in [0.15, 0.2) is 60.8 Å². The topological polar surface area (TPSA) is 98.0 Å². The van der Waals surface area contributed by atoms with Gasteiger partial charge in [0.1, 0.15) is 11.4 Å². The molecular weight excluding hydrogens is 356 g/mol. The second-order valence-corrected chi connectivity index (χ2v) is 5.95. The van der Waals surface area contributed by atoms with E-state index in [2.05, 4.69) is 15.0 Å². The van der Waals surface area contributed by atoms with Gasteiger partial charge in [-0.15, -0.1) is 0 Å². The number of aromatic nitrogens is 3. The number of benzene rings is 2. The zero-order valence-electron chi connectivity index (χ0n) is 14.9. The Balaban J connectivity index is 1.84. The Morgan fingerprint density at radius 2 is 1.82 bits per heavy atom. The Morgan fingerprint density at radius 3 is 2.57 bits per heavy atom. The number of esters is 1. The van der Waals surface area contributed by atoms with E-state index >= 15 is 0 Å². The summed E-state index contributed by atoms with van der Waals surface area (Å²) in [4.78, 5) is 25.3. The molecule has 0 amide bonds. The maximum Gasteiger partial charge on any atom is 0.329 e. The van der Waals surface area contributed by atoms with Gasteiger partial charge < -0.3 is 9.47 Å². The van der Waals surface area contributed by atoms with Gasteiger partial charge in [-0.05, 0) is 36.4 Å². The largest absolute Gasteiger partial charge is 0.468 e. The minimum atomic E-state index is -1.25. The molecule has 0 saturated heterocycles. The molecular formula is C21H14N4O3. The summed E-state index contributed by atoms with van der Waals surface area (Å²) in [5.74, 6) is -1.40. The molecule has 0 aliphatic carbocycles. The molecule has 4 aromatic rings. The lowest BCUT2D eigenvalue weighted by molar-refractivity contribution is -0.141. The molecule has 7 nitrogen and oxygen atoms in total. The average Bonchev–Trinajstić information content (AvgIpc) is 2.74. The van der Waals surface area contributed by atoms with Gasteiger partial charge in [-0.1, -0.05) is 18.2 Å². The van der Waals surface area contributed by atoms with Gasteiger partial charge in [0.2, 0.25) is 5.88 Å². The molecule has 0 fully saturated rings. The monoisotopic (exact) mass is 370 g/mol. The molecule has 2 heterocycles. The van der Waals surface area contributed by atoms with Crippen LogP contribution in [-0.4, -0.2) is 28.0 Å². The third-order valence-corrected chi connectivity index (χ3v) is 4.19. The Labute approximate surface area is 160 Å². The van der Waals surface area contributed by atoms with Crippen LogP contribution in [0.4, 0.5) is 0 Å². The lowest BCUT2D eigenvalue weighted by Gasteiger charge is -2.13. The third kappa shape index (κ3) is 3.19. The molecule has 2 aromatic carbocycles. The van der Waals surface area contributed by atoms with E-state index < -0.39 is 11.9 Å². The lowest BCUT2D eigenvalue weighted by Crippen LogP contribution is -2.15. The molecule has 0 radical (unpaired) electrons. The highest BCUT2D eigenvalue weighted by Gasteiger charge is 2.28. The summed E-state index contributed by atoms with van der Waals surface area (Å²) in [6.45, 7) is 0. The van der Waals surface area contributed by atoms with Crippen LogP contribution in [0.25, 0.3) is 21.9 Å². The van der Waals surface area contributed by atoms with Crippen LogP contribution < -0.4 is 4.74 Å². The zero-order chi connectivity index (χ0) is 19.5. The second kappa shape index (κ2) is 7.29. The van der Waals surface area contributed by atoms with Crippen LogP contribution >= 0.6 is 0 Å². The quantitative estimate of drug-likeness (QED) is 0.505. The smallest absolute Gasteiger partial charge is 0.329 e. The van der Waals surface area contributed by atoms with Gasteiger partial charge in [0.15, 0.2) is 5.92 Å². The highest BCUT2D eigenvalue weighted by Crippen LogP contribution is 2.31. The number of nitriles is 1. The SMILES string of the molecule is COC(=O)[C@@H](C#N)c1nc2ccccc2nc1Oc1ccc2ncccc2c1. The van der Waals surface area contributed by atoms with Gasteiger partial charge in [-0.2, -0.15) is 5.26 Å². The molecule has 0 saturated carbocycles. The predicted molar refractivity (Wildman–Crippen MR) is 102 cm³/mol. The summed E-state index contributed by atoms with van der Waals surface area (Å²) in [6, 6.07) is 18.2. The van der Waals surface area contributed by atoms with Crippen molar-refractivity contribution in [2.75, 3.05) is 7.11 Å². The third-order valence-electron chi connectivity index (χ3n) is 4.19. The van der Waals surface area contributed by atoms with Crippen molar-refractivity contribution >= 4 is 27.9 Å². The van der Waals surface area contributed by atoms with Gasteiger partial charge in [0.05, 0.1) is 29.7 Å². The van der Waals surface area contributed by atoms with Gasteiger partial charge in [-0.3, -0.25) is 9.78 Å². The lowest BCUT2D eigenvalue weighted by atomic mass is 10.1. The van der Waals surface area contributed by atoms with Crippen molar-refractivity contribution in [3.63, 3.8) is 0 Å². The Hall–Kier alpha value is -4.05. The second-order valence-electron chi connectivity index (χ2n) is 5.95. The Morgan fingerprint density at radius 1 is 1.04 bits per heavy atom. The highest BCUT2D eigenvalue weighted by molar-refractivity contribution is 5.83. The fraction of sp³-hybridized carbons (Fsp3) is 0.0952. The van der Waals surface area contributed by atoms with Crippen molar-refractivity contribution in [2.24, 2.45) is 0 Å². The van der Waals surface area contributed by atoms with E-state index in [1.807, 2.05) is 36.4 Å². The molecule has 0 aliphatic rings. The van der Waals surface area contributed by atoms with Gasteiger partial charge in [-0.25, -0.2) is 9.97 Å². The molecule has 0 bridgehead atoms. The summed E-state index contributed by atoms with van der Waals surface area (Å²) >= 11 is 0. The van der Waals surface area contributed by atoms with Crippen molar-refractivity contribution in [3.05, 3.63) is 66.5 Å². The molecule has 7 heteroatoms. The van der Waals surface area contributed by atoms with E-state index in [0.29, 0.717) is 16.8 Å². The summed E-state index contributed by atoms with van der Waals surface area (Å²) in [6.07, 6.45) is 1.71. The van der Waals surface area contributed by atoms with Crippen LogP contribution in [0.1, 0.15) is 11.6 Å². The highest BCUT2D eigenvalue weighted by atomic mass is 16.5. The summed E-state index contributed by atoms with van der Waals surface area (Å²) in [5, 5.41) is 10.4. The van der Waals surface area contributed by atoms with Gasteiger partial charge in [0, 0.05) is 11.6 Å². The number of hydrogen-bond donors (Lipinski definition) is 0. The summed E-state index contributed by atoms with van der Waals surface area (Å²) in [7, 11) is 1.22. The normalized spacial score (nSPS) is 11.7. The number of carbonyl (C=O) groups is 1. The van der Waals surface area contributed by atoms with E-state index in [0.717, 1.165) is 10.9 Å². The maximum absolute atomic E-state index is 12.1. The van der Waals surface area contributed by atoms with Crippen LogP contribution in [0, 0.1) is 11.3 Å². The summed E-state index contributed by atoms with van der Waals surface area (Å²) < 4.78 is 10.7. The number of fused-ring (bicyclic) bond motifs is 2. The molecule has 0 N–H and O–H groups in total. The van der Waals surface area contributed by atoms with Crippen LogP contribution in [0.3, 0.4) is 0 Å². The van der Waals surface area contributed by atoms with Gasteiger partial charge in [0.25, 0.3) is 0 Å². The van der Waals surface area contributed by atoms with E-state index in [-0.39, 0.29) is 11.6 Å². The van der Waals surface area contributed by atoms with E-state index in [4.69, 9.17) is 9.47 Å². The molecule has 0 spiro atoms. The minimum Gasteiger partial charge on any atom is -0.468 e. The molecule has 1 atom stereocenters. The molecule has 0 aliphatic heterocycles. The maximum atomic E-state index is 12.1. The van der Waals surface area contributed by atoms with Crippen LogP contribution in [-0.2, 0) is 9.53 Å². The fourth-order valence-corrected chi connectivity index (χ4v) is 2.83. The van der Waals surface area contributed by atoms with E-state index in [9.17, 15) is 10.1 Å². The number of nitrogens with zero attached hydrogens (tertiary/aromatic N) is 4. The van der Waals surface area contributed by atoms with Crippen molar-refractivity contribution < 1.29 is 14.3 Å². The first-order chi connectivity index (χ1) is 13.7. The first kappa shape index (κ1) is 17.4. The van der Waals surface area contributed by atoms with Crippen molar-refractivity contribution in [1.29, 1.82) is 5.26 Å². The Kier molecular flexibility index (Phi) is 4.52. The minimum absolute atomic E-state index is 0.0823. The molecule has 0 unspecified atom stereocenters. The number of pyridine rings is 1. The van der Waals surface area contributed by atoms with Crippen molar-refractivity contribution in [2.45, 2.75) is 5.92 Å². The number of hydrogen-bond acceptors (Lipinski definition) is 7. The standard InChI is InChI=1S/C21H14N4O3/c1-27-21(26)15(12-22)19-20(25-18-7-3-2-6-17(18)24-19)28-14-8-9-16-13(11-14)5-4-10-23-16/h2-11,15H,1H3/t15-/m0/s1. The fourth-order valence-electron chi connectivity index (χ4n) is 2.83. The summed E-state index contributed by atoms with van der Waals surface area (Å²) in [5.41, 5.74) is 2.07. The molecule has 2 aromatic heterocycles. The van der Waals surface area contributed by atoms with Crippen molar-refractivity contribution in [1.82, 2.24) is 15.0 Å². The number of ether oxygens (including phenoxy) is 2. The number of para-hydroxylation sites is 2. The predicted octanol–water partition coefficient (Wildman–Crippen LogP) is 3.75. The average molecular weight is 370 g/mol. The molecule has 28 heavy (non-hydrogen) atoms. The van der Waals surface area contributed by atoms with E-state index in [1.54, 1.807) is 30.5 Å². The van der Waals surface area contributed by atoms with Crippen molar-refractivity contribution in [3.8, 4) is 17.7 Å². The van der Waals surface area contributed by atoms with Gasteiger partial charge >= 0.3 is 5.97 Å². The first-order valence-corrected chi connectivity index (χ1v) is 8.46. The number of carbonyl (C=O) groups excluding carboxylic acids is 1. The van der Waals surface area contributed by atoms with Crippen LogP contribution in [0.2, 0.25) is 0 Å². The zero-order valence-corrected chi connectivity index (χ0v) is 14.9. The van der Waals surface area contributed by atoms with Crippen LogP contribution in [0.5, 0.6) is 11.6 Å². The number of rotatable bonds is 4. The van der Waals surface area contributed by atoms with E-state index in [1.165, 1.54) is 7.11 Å². The molecule has 136 valence electrons. The Bertz CT molecular complexity index is 1230. The first-order valence-electron chi connectivity index (χ1n) is 8.46. The number of methoxy groups -OCH3 is 1. The molecule has 4 rings (SSSR count).